The molecule has 6 rings (SSSR count). The molecule has 40 heavy (non-hydrogen) atoms. The third kappa shape index (κ3) is 4.58. The Hall–Kier alpha value is -4.63. The average molecular weight is 552 g/mol. The zero-order chi connectivity index (χ0) is 27.8. The number of para-hydroxylation sites is 2. The Morgan fingerprint density at radius 1 is 1.05 bits per heavy atom. The summed E-state index contributed by atoms with van der Waals surface area (Å²) in [5.74, 6) is -1.02. The standard InChI is InChI=1S/C31H26FN5O2S/c1-3-37-26(14-16-33-37)23-11-7-12-24(34-23)31(39)36-17-15-20-18-27(40-29(20)21-9-4-5-13-25(21)36)30(38)35-28-19(2)8-6-10-22(28)32/h4-14,16,18H,3,15,17H2,1-2H3,(H,35,38). The number of pyridine rings is 1. The van der Waals surface area contributed by atoms with E-state index in [2.05, 4.69) is 10.4 Å². The van der Waals surface area contributed by atoms with Crippen molar-refractivity contribution < 1.29 is 14.0 Å². The van der Waals surface area contributed by atoms with Crippen LogP contribution in [-0.2, 0) is 13.0 Å². The molecule has 2 amide bonds. The van der Waals surface area contributed by atoms with E-state index in [4.69, 9.17) is 4.98 Å². The van der Waals surface area contributed by atoms with Gasteiger partial charge in [0.2, 0.25) is 0 Å². The Bertz CT molecular complexity index is 1740. The van der Waals surface area contributed by atoms with E-state index in [0.29, 0.717) is 41.3 Å². The minimum absolute atomic E-state index is 0.185. The zero-order valence-electron chi connectivity index (χ0n) is 22.0. The Morgan fingerprint density at radius 3 is 2.70 bits per heavy atom. The van der Waals surface area contributed by atoms with Crippen molar-refractivity contribution in [3.05, 3.63) is 107 Å². The second-order valence-corrected chi connectivity index (χ2v) is 10.6. The fourth-order valence-corrected chi connectivity index (χ4v) is 6.16. The Labute approximate surface area is 234 Å². The highest BCUT2D eigenvalue weighted by atomic mass is 32.1. The van der Waals surface area contributed by atoms with Crippen LogP contribution in [0.15, 0.2) is 79.0 Å². The monoisotopic (exact) mass is 551 g/mol. The zero-order valence-corrected chi connectivity index (χ0v) is 22.8. The number of benzene rings is 2. The molecule has 0 atom stereocenters. The highest BCUT2D eigenvalue weighted by Gasteiger charge is 2.28. The molecular weight excluding hydrogens is 525 g/mol. The summed E-state index contributed by atoms with van der Waals surface area (Å²) in [6.45, 7) is 4.89. The van der Waals surface area contributed by atoms with Crippen LogP contribution in [0.4, 0.5) is 15.8 Å². The van der Waals surface area contributed by atoms with Crippen molar-refractivity contribution in [2.75, 3.05) is 16.8 Å². The number of fused-ring (bicyclic) bond motifs is 3. The van der Waals surface area contributed by atoms with Gasteiger partial charge in [-0.05, 0) is 67.8 Å². The van der Waals surface area contributed by atoms with Crippen LogP contribution in [0.5, 0.6) is 0 Å². The molecule has 1 aliphatic heterocycles. The van der Waals surface area contributed by atoms with E-state index in [1.54, 1.807) is 36.2 Å². The Morgan fingerprint density at radius 2 is 1.88 bits per heavy atom. The van der Waals surface area contributed by atoms with Gasteiger partial charge in [0.15, 0.2) is 0 Å². The number of rotatable bonds is 5. The number of nitrogens with one attached hydrogen (secondary N) is 1. The minimum atomic E-state index is -0.470. The second-order valence-electron chi connectivity index (χ2n) is 9.52. The molecule has 0 spiro atoms. The average Bonchev–Trinajstić information content (AvgIpc) is 3.60. The Kier molecular flexibility index (Phi) is 6.73. The number of amides is 2. The summed E-state index contributed by atoms with van der Waals surface area (Å²) >= 11 is 1.35. The quantitative estimate of drug-likeness (QED) is 0.267. The summed E-state index contributed by atoms with van der Waals surface area (Å²) < 4.78 is 16.2. The highest BCUT2D eigenvalue weighted by molar-refractivity contribution is 7.17. The van der Waals surface area contributed by atoms with Gasteiger partial charge in [0.25, 0.3) is 11.8 Å². The van der Waals surface area contributed by atoms with Gasteiger partial charge >= 0.3 is 0 Å². The highest BCUT2D eigenvalue weighted by Crippen LogP contribution is 2.42. The number of carbonyl (C=O) groups excluding carboxylic acids is 2. The van der Waals surface area contributed by atoms with Gasteiger partial charge in [-0.25, -0.2) is 9.37 Å². The van der Waals surface area contributed by atoms with Crippen LogP contribution in [0.3, 0.4) is 0 Å². The van der Waals surface area contributed by atoms with E-state index in [9.17, 15) is 14.0 Å². The van der Waals surface area contributed by atoms with Gasteiger partial charge in [0.1, 0.15) is 11.5 Å². The number of aryl methyl sites for hydroxylation is 2. The molecule has 3 aromatic heterocycles. The predicted octanol–water partition coefficient (Wildman–Crippen LogP) is 6.60. The van der Waals surface area contributed by atoms with Gasteiger partial charge in [0, 0.05) is 29.7 Å². The molecule has 0 saturated heterocycles. The van der Waals surface area contributed by atoms with Gasteiger partial charge in [-0.3, -0.25) is 14.3 Å². The van der Waals surface area contributed by atoms with Crippen molar-refractivity contribution in [2.24, 2.45) is 0 Å². The number of hydrogen-bond acceptors (Lipinski definition) is 5. The summed E-state index contributed by atoms with van der Waals surface area (Å²) in [5, 5.41) is 7.06. The van der Waals surface area contributed by atoms with Crippen LogP contribution in [0.2, 0.25) is 0 Å². The fraction of sp³-hybridized carbons (Fsp3) is 0.161. The first-order valence-electron chi connectivity index (χ1n) is 13.0. The smallest absolute Gasteiger partial charge is 0.276 e. The number of anilines is 2. The maximum atomic E-state index is 14.3. The summed E-state index contributed by atoms with van der Waals surface area (Å²) in [7, 11) is 0. The van der Waals surface area contributed by atoms with Crippen molar-refractivity contribution >= 4 is 34.5 Å². The molecule has 5 aromatic rings. The van der Waals surface area contributed by atoms with Gasteiger partial charge in [-0.1, -0.05) is 36.4 Å². The summed E-state index contributed by atoms with van der Waals surface area (Å²) in [5.41, 5.74) is 5.33. The first-order chi connectivity index (χ1) is 19.4. The molecule has 1 N–H and O–H groups in total. The number of halogens is 1. The third-order valence-corrected chi connectivity index (χ3v) is 8.24. The number of nitrogens with zero attached hydrogens (tertiary/aromatic N) is 4. The van der Waals surface area contributed by atoms with Crippen molar-refractivity contribution in [2.45, 2.75) is 26.8 Å². The van der Waals surface area contributed by atoms with Gasteiger partial charge in [-0.2, -0.15) is 5.10 Å². The van der Waals surface area contributed by atoms with E-state index >= 15 is 0 Å². The molecule has 2 aromatic carbocycles. The first-order valence-corrected chi connectivity index (χ1v) is 13.9. The molecule has 1 aliphatic rings. The maximum Gasteiger partial charge on any atom is 0.276 e. The summed E-state index contributed by atoms with van der Waals surface area (Å²) in [6, 6.07) is 21.6. The van der Waals surface area contributed by atoms with Crippen LogP contribution >= 0.6 is 11.3 Å². The van der Waals surface area contributed by atoms with Crippen molar-refractivity contribution in [3.63, 3.8) is 0 Å². The van der Waals surface area contributed by atoms with Crippen molar-refractivity contribution in [1.29, 1.82) is 0 Å². The van der Waals surface area contributed by atoms with Crippen LogP contribution in [0.25, 0.3) is 21.8 Å². The van der Waals surface area contributed by atoms with E-state index in [1.807, 2.05) is 60.1 Å². The fourth-order valence-electron chi connectivity index (χ4n) is 5.02. The first kappa shape index (κ1) is 25.6. The van der Waals surface area contributed by atoms with Crippen LogP contribution in [0, 0.1) is 12.7 Å². The van der Waals surface area contributed by atoms with Crippen molar-refractivity contribution in [1.82, 2.24) is 14.8 Å². The van der Waals surface area contributed by atoms with Crippen LogP contribution in [-0.4, -0.2) is 33.1 Å². The van der Waals surface area contributed by atoms with Crippen molar-refractivity contribution in [3.8, 4) is 21.8 Å². The topological polar surface area (TPSA) is 80.1 Å². The molecule has 9 heteroatoms. The summed E-state index contributed by atoms with van der Waals surface area (Å²) in [6.07, 6.45) is 2.28. The van der Waals surface area contributed by atoms with E-state index in [-0.39, 0.29) is 17.5 Å². The maximum absolute atomic E-state index is 14.3. The second kappa shape index (κ2) is 10.5. The third-order valence-electron chi connectivity index (χ3n) is 7.03. The largest absolute Gasteiger partial charge is 0.319 e. The number of hydrogen-bond donors (Lipinski definition) is 1. The molecule has 0 bridgehead atoms. The molecule has 0 aliphatic carbocycles. The lowest BCUT2D eigenvalue weighted by molar-refractivity contribution is 0.0981. The molecule has 200 valence electrons. The molecule has 0 saturated carbocycles. The molecular formula is C31H26FN5O2S. The van der Waals surface area contributed by atoms with Crippen LogP contribution < -0.4 is 10.2 Å². The lowest BCUT2D eigenvalue weighted by Crippen LogP contribution is -2.33. The molecule has 4 heterocycles. The molecule has 7 nitrogen and oxygen atoms in total. The summed E-state index contributed by atoms with van der Waals surface area (Å²) in [4.78, 5) is 34.8. The Balaban J connectivity index is 1.32. The normalized spacial score (nSPS) is 12.4. The lowest BCUT2D eigenvalue weighted by Gasteiger charge is -2.23. The van der Waals surface area contributed by atoms with E-state index in [1.165, 1.54) is 17.4 Å². The minimum Gasteiger partial charge on any atom is -0.319 e. The lowest BCUT2D eigenvalue weighted by atomic mass is 10.1. The molecule has 0 unspecified atom stereocenters. The van der Waals surface area contributed by atoms with Crippen LogP contribution in [0.1, 0.15) is 38.2 Å². The van der Waals surface area contributed by atoms with Gasteiger partial charge in [-0.15, -0.1) is 11.3 Å². The molecule has 0 fully saturated rings. The van der Waals surface area contributed by atoms with Gasteiger partial charge < -0.3 is 10.2 Å². The number of thiophene rings is 1. The SMILES string of the molecule is CCn1nccc1-c1cccc(C(=O)N2CCc3cc(C(=O)Nc4c(C)cccc4F)sc3-c3ccccc32)n1. The number of carbonyl (C=O) groups is 2. The van der Waals surface area contributed by atoms with Gasteiger partial charge in [0.05, 0.1) is 27.6 Å². The number of aromatic nitrogens is 3. The molecule has 0 radical (unpaired) electrons. The predicted molar refractivity (Wildman–Crippen MR) is 155 cm³/mol. The van der Waals surface area contributed by atoms with E-state index in [0.717, 1.165) is 27.4 Å². The van der Waals surface area contributed by atoms with E-state index < -0.39 is 5.82 Å².